The van der Waals surface area contributed by atoms with Gasteiger partial charge in [-0.05, 0) is 54.2 Å². The molecular weight excluding hydrogens is 432 g/mol. The average Bonchev–Trinajstić information content (AvgIpc) is 2.77. The Bertz CT molecular complexity index is 948. The van der Waals surface area contributed by atoms with Gasteiger partial charge in [-0.15, -0.1) is 0 Å². The maximum Gasteiger partial charge on any atom is 0.294 e. The minimum absolute atomic E-state index is 0.0674. The first-order valence-electron chi connectivity index (χ1n) is 10.5. The van der Waals surface area contributed by atoms with E-state index in [1.165, 1.54) is 17.7 Å². The highest BCUT2D eigenvalue weighted by atomic mass is 35.5. The van der Waals surface area contributed by atoms with E-state index < -0.39 is 0 Å². The van der Waals surface area contributed by atoms with Crippen molar-refractivity contribution in [1.29, 1.82) is 0 Å². The van der Waals surface area contributed by atoms with E-state index in [0.717, 1.165) is 17.9 Å². The summed E-state index contributed by atoms with van der Waals surface area (Å²) in [7, 11) is 0. The highest BCUT2D eigenvalue weighted by Crippen LogP contribution is 2.35. The molecule has 0 atom stereocenters. The Balaban J connectivity index is 1.66. The van der Waals surface area contributed by atoms with Crippen molar-refractivity contribution >= 4 is 46.9 Å². The molecule has 7 heteroatoms. The Morgan fingerprint density at radius 2 is 1.87 bits per heavy atom. The van der Waals surface area contributed by atoms with Gasteiger partial charge in [0.25, 0.3) is 5.91 Å². The van der Waals surface area contributed by atoms with Crippen molar-refractivity contribution in [3.05, 3.63) is 64.9 Å². The highest BCUT2D eigenvalue weighted by Gasteiger charge is 2.31. The van der Waals surface area contributed by atoms with E-state index in [2.05, 4.69) is 12.2 Å². The summed E-state index contributed by atoms with van der Waals surface area (Å²) >= 11 is 8.14. The number of carbonyl (C=O) groups is 2. The van der Waals surface area contributed by atoms with Crippen LogP contribution in [0.15, 0.2) is 54.3 Å². The molecule has 3 rings (SSSR count). The number of anilines is 1. The van der Waals surface area contributed by atoms with Crippen LogP contribution in [-0.2, 0) is 9.59 Å². The van der Waals surface area contributed by atoms with Crippen molar-refractivity contribution in [2.75, 3.05) is 29.5 Å². The predicted octanol–water partition coefficient (Wildman–Crippen LogP) is 5.15. The Hall–Kier alpha value is -2.44. The lowest BCUT2D eigenvalue weighted by molar-refractivity contribution is -0.123. The Morgan fingerprint density at radius 3 is 2.68 bits per heavy atom. The molecule has 0 unspecified atom stereocenters. The minimum Gasteiger partial charge on any atom is -0.449 e. The molecule has 164 valence electrons. The number of hydrogen-bond donors (Lipinski definition) is 1. The second kappa shape index (κ2) is 11.8. The molecule has 1 heterocycles. The fourth-order valence-electron chi connectivity index (χ4n) is 3.10. The molecule has 0 aromatic heterocycles. The van der Waals surface area contributed by atoms with Crippen molar-refractivity contribution in [3.63, 3.8) is 0 Å². The molecule has 0 saturated heterocycles. The van der Waals surface area contributed by atoms with Crippen LogP contribution in [0.2, 0.25) is 5.02 Å². The maximum absolute atomic E-state index is 13.1. The molecule has 0 radical (unpaired) electrons. The van der Waals surface area contributed by atoms with Gasteiger partial charge in [-0.25, -0.2) is 0 Å². The molecule has 0 aliphatic carbocycles. The largest absolute Gasteiger partial charge is 0.449 e. The summed E-state index contributed by atoms with van der Waals surface area (Å²) in [5.74, 6) is 2.27. The number of para-hydroxylation sites is 2. The number of ether oxygens (including phenoxy) is 1. The first kappa shape index (κ1) is 23.2. The summed E-state index contributed by atoms with van der Waals surface area (Å²) in [6.45, 7) is 2.71. The van der Waals surface area contributed by atoms with E-state index >= 15 is 0 Å². The number of benzene rings is 2. The first-order valence-corrected chi connectivity index (χ1v) is 12.0. The summed E-state index contributed by atoms with van der Waals surface area (Å²) in [6.07, 6.45) is 4.94. The summed E-state index contributed by atoms with van der Waals surface area (Å²) in [5.41, 5.74) is 1.26. The molecule has 1 aliphatic heterocycles. The van der Waals surface area contributed by atoms with Gasteiger partial charge in [0.15, 0.2) is 11.5 Å². The van der Waals surface area contributed by atoms with Crippen molar-refractivity contribution < 1.29 is 14.3 Å². The van der Waals surface area contributed by atoms with Crippen LogP contribution in [0.4, 0.5) is 5.69 Å². The van der Waals surface area contributed by atoms with Crippen LogP contribution < -0.4 is 15.0 Å². The van der Waals surface area contributed by atoms with Crippen molar-refractivity contribution in [3.8, 4) is 5.75 Å². The Labute approximate surface area is 192 Å². The third-order valence-corrected chi connectivity index (χ3v) is 6.25. The highest BCUT2D eigenvalue weighted by molar-refractivity contribution is 7.99. The molecule has 2 amide bonds. The zero-order chi connectivity index (χ0) is 22.1. The standard InChI is InChI=1S/C24H27ClN2O3S/c1-2-3-14-31-15-8-13-26-23(28)17-27-20-11-6-7-12-21(20)30-22(24(27)29)16-18-9-4-5-10-19(18)25/h4-7,9-12,16H,2-3,8,13-15,17H2,1H3,(H,26,28). The van der Waals surface area contributed by atoms with Crippen molar-refractivity contribution in [1.82, 2.24) is 5.32 Å². The Morgan fingerprint density at radius 1 is 1.13 bits per heavy atom. The van der Waals surface area contributed by atoms with E-state index in [9.17, 15) is 9.59 Å². The monoisotopic (exact) mass is 458 g/mol. The van der Waals surface area contributed by atoms with Crippen LogP contribution in [-0.4, -0.2) is 36.4 Å². The van der Waals surface area contributed by atoms with Crippen LogP contribution in [0, 0.1) is 0 Å². The van der Waals surface area contributed by atoms with Crippen LogP contribution in [0.25, 0.3) is 6.08 Å². The summed E-state index contributed by atoms with van der Waals surface area (Å²) < 4.78 is 5.84. The van der Waals surface area contributed by atoms with Crippen LogP contribution in [0.5, 0.6) is 5.75 Å². The lowest BCUT2D eigenvalue weighted by atomic mass is 10.1. The van der Waals surface area contributed by atoms with Gasteiger partial charge in [0.1, 0.15) is 6.54 Å². The summed E-state index contributed by atoms with van der Waals surface area (Å²) in [6, 6.07) is 14.4. The molecule has 0 saturated carbocycles. The number of nitrogens with zero attached hydrogens (tertiary/aromatic N) is 1. The van der Waals surface area contributed by atoms with E-state index in [-0.39, 0.29) is 24.1 Å². The number of hydrogen-bond acceptors (Lipinski definition) is 4. The number of nitrogens with one attached hydrogen (secondary N) is 1. The molecule has 5 nitrogen and oxygen atoms in total. The second-order valence-electron chi connectivity index (χ2n) is 7.16. The van der Waals surface area contributed by atoms with Gasteiger partial charge in [0.2, 0.25) is 5.91 Å². The fraction of sp³-hybridized carbons (Fsp3) is 0.333. The number of halogens is 1. The molecule has 1 aliphatic rings. The number of rotatable bonds is 10. The topological polar surface area (TPSA) is 58.6 Å². The number of thioether (sulfide) groups is 1. The van der Waals surface area contributed by atoms with E-state index in [4.69, 9.17) is 16.3 Å². The summed E-state index contributed by atoms with van der Waals surface area (Å²) in [5, 5.41) is 3.44. The van der Waals surface area contributed by atoms with Gasteiger partial charge in [-0.2, -0.15) is 11.8 Å². The number of amides is 2. The maximum atomic E-state index is 13.1. The van der Waals surface area contributed by atoms with E-state index in [1.54, 1.807) is 24.3 Å². The van der Waals surface area contributed by atoms with Crippen molar-refractivity contribution in [2.45, 2.75) is 26.2 Å². The predicted molar refractivity (Wildman–Crippen MR) is 129 cm³/mol. The molecule has 2 aromatic rings. The zero-order valence-electron chi connectivity index (χ0n) is 17.6. The normalized spacial score (nSPS) is 14.3. The zero-order valence-corrected chi connectivity index (χ0v) is 19.2. The number of carbonyl (C=O) groups excluding carboxylic acids is 2. The number of fused-ring (bicyclic) bond motifs is 1. The van der Waals surface area contributed by atoms with E-state index in [1.807, 2.05) is 42.1 Å². The summed E-state index contributed by atoms with van der Waals surface area (Å²) in [4.78, 5) is 27.1. The van der Waals surface area contributed by atoms with Crippen LogP contribution in [0.3, 0.4) is 0 Å². The van der Waals surface area contributed by atoms with Crippen LogP contribution in [0.1, 0.15) is 31.7 Å². The molecule has 0 fully saturated rings. The lowest BCUT2D eigenvalue weighted by Crippen LogP contribution is -2.44. The molecule has 2 aromatic carbocycles. The Kier molecular flexibility index (Phi) is 8.85. The van der Waals surface area contributed by atoms with Crippen molar-refractivity contribution in [2.24, 2.45) is 0 Å². The molecule has 31 heavy (non-hydrogen) atoms. The lowest BCUT2D eigenvalue weighted by Gasteiger charge is -2.30. The second-order valence-corrected chi connectivity index (χ2v) is 8.79. The quantitative estimate of drug-likeness (QED) is 0.395. The third-order valence-electron chi connectivity index (χ3n) is 4.76. The fourth-order valence-corrected chi connectivity index (χ4v) is 4.34. The van der Waals surface area contributed by atoms with Gasteiger partial charge in [-0.3, -0.25) is 14.5 Å². The average molecular weight is 459 g/mol. The smallest absolute Gasteiger partial charge is 0.294 e. The van der Waals surface area contributed by atoms with Gasteiger partial charge in [0.05, 0.1) is 5.69 Å². The molecule has 0 bridgehead atoms. The van der Waals surface area contributed by atoms with Gasteiger partial charge in [-0.1, -0.05) is 55.3 Å². The van der Waals surface area contributed by atoms with E-state index in [0.29, 0.717) is 28.6 Å². The van der Waals surface area contributed by atoms with Gasteiger partial charge < -0.3 is 10.1 Å². The molecular formula is C24H27ClN2O3S. The van der Waals surface area contributed by atoms with Crippen LogP contribution >= 0.6 is 23.4 Å². The SMILES string of the molecule is CCCCSCCCNC(=O)CN1C(=O)C(=Cc2ccccc2Cl)Oc2ccccc21. The number of unbranched alkanes of at least 4 members (excludes halogenated alkanes) is 1. The minimum atomic E-state index is -0.371. The first-order chi connectivity index (χ1) is 15.1. The third kappa shape index (κ3) is 6.52. The molecule has 1 N–H and O–H groups in total. The van der Waals surface area contributed by atoms with Gasteiger partial charge >= 0.3 is 0 Å². The molecule has 0 spiro atoms. The van der Waals surface area contributed by atoms with Gasteiger partial charge in [0, 0.05) is 11.6 Å².